The quantitative estimate of drug-likeness (QED) is 0.658. The van der Waals surface area contributed by atoms with Crippen LogP contribution in [0.15, 0.2) is 25.9 Å². The predicted octanol–water partition coefficient (Wildman–Crippen LogP) is 4.44. The molecule has 0 amide bonds. The van der Waals surface area contributed by atoms with Crippen molar-refractivity contribution >= 4 is 45.2 Å². The number of allylic oxidation sites excluding steroid dienone is 1. The fourth-order valence-corrected chi connectivity index (χ4v) is 3.98. The van der Waals surface area contributed by atoms with Crippen LogP contribution in [0.2, 0.25) is 0 Å². The maximum absolute atomic E-state index is 11.9. The van der Waals surface area contributed by atoms with Crippen LogP contribution in [0, 0.1) is 0 Å². The molecule has 1 aliphatic heterocycles. The van der Waals surface area contributed by atoms with E-state index >= 15 is 0 Å². The van der Waals surface area contributed by atoms with Gasteiger partial charge in [0.1, 0.15) is 5.69 Å². The monoisotopic (exact) mass is 317 g/mol. The number of unbranched alkanes of at least 4 members (excludes halogenated alkanes) is 1. The molecule has 1 aliphatic rings. The Bertz CT molecular complexity index is 439. The molecule has 0 aliphatic carbocycles. The molecule has 0 unspecified atom stereocenters. The standard InChI is InChI=1S/C11H12BrNOS2/c1-2-3-4-15-6-8-10(14)9-11(16-8)7(12)5-13-9/h5-6,13H,2-4H2,1H3. The number of Topliss-reactive ketones (excluding diaryl/α,β-unsaturated/α-hetero) is 1. The average Bonchev–Trinajstić information content (AvgIpc) is 2.78. The topological polar surface area (TPSA) is 32.9 Å². The normalized spacial score (nSPS) is 17.1. The second-order valence-electron chi connectivity index (χ2n) is 3.48. The Hall–Kier alpha value is -0.130. The first-order chi connectivity index (χ1) is 7.74. The van der Waals surface area contributed by atoms with Crippen molar-refractivity contribution in [2.75, 3.05) is 5.75 Å². The minimum Gasteiger partial charge on any atom is -0.356 e. The highest BCUT2D eigenvalue weighted by Crippen LogP contribution is 2.44. The van der Waals surface area contributed by atoms with Crippen LogP contribution in [0.25, 0.3) is 0 Å². The van der Waals surface area contributed by atoms with Gasteiger partial charge < -0.3 is 4.98 Å². The van der Waals surface area contributed by atoms with E-state index in [2.05, 4.69) is 27.8 Å². The molecule has 0 bridgehead atoms. The van der Waals surface area contributed by atoms with Gasteiger partial charge in [0, 0.05) is 10.7 Å². The molecule has 2 rings (SSSR count). The van der Waals surface area contributed by atoms with Gasteiger partial charge in [0.25, 0.3) is 0 Å². The van der Waals surface area contributed by atoms with Gasteiger partial charge in [-0.05, 0) is 33.5 Å². The van der Waals surface area contributed by atoms with Crippen LogP contribution in [0.1, 0.15) is 30.3 Å². The number of rotatable bonds is 4. The lowest BCUT2D eigenvalue weighted by atomic mass is 10.3. The summed E-state index contributed by atoms with van der Waals surface area (Å²) in [5, 5.41) is 1.99. The zero-order chi connectivity index (χ0) is 11.5. The van der Waals surface area contributed by atoms with Crippen molar-refractivity contribution in [3.8, 4) is 0 Å². The number of carbonyl (C=O) groups is 1. The molecule has 16 heavy (non-hydrogen) atoms. The van der Waals surface area contributed by atoms with E-state index < -0.39 is 0 Å². The number of hydrogen-bond donors (Lipinski definition) is 1. The summed E-state index contributed by atoms with van der Waals surface area (Å²) in [5.41, 5.74) is 0.721. The van der Waals surface area contributed by atoms with Crippen LogP contribution in [-0.2, 0) is 0 Å². The lowest BCUT2D eigenvalue weighted by molar-refractivity contribution is 0.103. The SMILES string of the molecule is CCCCSC=C1Sc2c(Br)c[nH]c2C1=O. The Labute approximate surface area is 112 Å². The van der Waals surface area contributed by atoms with Crippen molar-refractivity contribution in [1.82, 2.24) is 4.98 Å². The molecule has 5 heteroatoms. The Morgan fingerprint density at radius 2 is 2.44 bits per heavy atom. The Balaban J connectivity index is 2.04. The maximum Gasteiger partial charge on any atom is 0.217 e. The number of H-pyrrole nitrogens is 1. The van der Waals surface area contributed by atoms with E-state index in [-0.39, 0.29) is 5.78 Å². The van der Waals surface area contributed by atoms with Crippen molar-refractivity contribution < 1.29 is 4.79 Å². The summed E-state index contributed by atoms with van der Waals surface area (Å²) in [4.78, 5) is 16.8. The summed E-state index contributed by atoms with van der Waals surface area (Å²) < 4.78 is 0.975. The number of thioether (sulfide) groups is 2. The van der Waals surface area contributed by atoms with Crippen LogP contribution in [0.3, 0.4) is 0 Å². The molecule has 0 aromatic carbocycles. The molecule has 2 heterocycles. The van der Waals surface area contributed by atoms with Gasteiger partial charge in [-0.1, -0.05) is 25.1 Å². The molecule has 1 aromatic heterocycles. The minimum atomic E-state index is 0.120. The van der Waals surface area contributed by atoms with Gasteiger partial charge in [-0.15, -0.1) is 11.8 Å². The van der Waals surface area contributed by atoms with Crippen molar-refractivity contribution in [1.29, 1.82) is 0 Å². The Morgan fingerprint density at radius 3 is 3.12 bits per heavy atom. The first-order valence-electron chi connectivity index (χ1n) is 5.15. The molecule has 0 atom stereocenters. The van der Waals surface area contributed by atoms with Crippen LogP contribution < -0.4 is 0 Å². The summed E-state index contributed by atoms with van der Waals surface area (Å²) in [7, 11) is 0. The van der Waals surface area contributed by atoms with Gasteiger partial charge in [-0.2, -0.15) is 0 Å². The Kier molecular flexibility index (Phi) is 4.21. The summed E-state index contributed by atoms with van der Waals surface area (Å²) in [6, 6.07) is 0. The van der Waals surface area contributed by atoms with E-state index in [9.17, 15) is 4.79 Å². The van der Waals surface area contributed by atoms with Gasteiger partial charge in [-0.25, -0.2) is 0 Å². The van der Waals surface area contributed by atoms with E-state index in [4.69, 9.17) is 0 Å². The maximum atomic E-state index is 11.9. The first kappa shape index (κ1) is 12.3. The molecule has 0 radical (unpaired) electrons. The van der Waals surface area contributed by atoms with Crippen LogP contribution >= 0.6 is 39.5 Å². The molecule has 0 fully saturated rings. The molecule has 2 nitrogen and oxygen atoms in total. The van der Waals surface area contributed by atoms with Crippen molar-refractivity contribution in [3.05, 3.63) is 26.7 Å². The molecule has 86 valence electrons. The van der Waals surface area contributed by atoms with Crippen molar-refractivity contribution in [2.24, 2.45) is 0 Å². The van der Waals surface area contributed by atoms with Gasteiger partial charge >= 0.3 is 0 Å². The second-order valence-corrected chi connectivity index (χ2v) is 6.36. The lowest BCUT2D eigenvalue weighted by Crippen LogP contribution is -1.94. The van der Waals surface area contributed by atoms with Crippen LogP contribution in [-0.4, -0.2) is 16.5 Å². The number of carbonyl (C=O) groups excluding carboxylic acids is 1. The van der Waals surface area contributed by atoms with Crippen LogP contribution in [0.5, 0.6) is 0 Å². The highest BCUT2D eigenvalue weighted by atomic mass is 79.9. The number of aromatic amines is 1. The summed E-state index contributed by atoms with van der Waals surface area (Å²) in [5.74, 6) is 1.21. The number of nitrogens with one attached hydrogen (secondary N) is 1. The summed E-state index contributed by atoms with van der Waals surface area (Å²) in [6.45, 7) is 2.17. The van der Waals surface area contributed by atoms with Crippen LogP contribution in [0.4, 0.5) is 0 Å². The number of aromatic nitrogens is 1. The smallest absolute Gasteiger partial charge is 0.217 e. The zero-order valence-corrected chi connectivity index (χ0v) is 12.1. The van der Waals surface area contributed by atoms with Crippen molar-refractivity contribution in [3.63, 3.8) is 0 Å². The summed E-state index contributed by atoms with van der Waals surface area (Å²) >= 11 is 6.70. The fraction of sp³-hybridized carbons (Fsp3) is 0.364. The number of fused-ring (bicyclic) bond motifs is 1. The number of halogens is 1. The largest absolute Gasteiger partial charge is 0.356 e. The molecule has 1 aromatic rings. The summed E-state index contributed by atoms with van der Waals surface area (Å²) in [6.07, 6.45) is 4.21. The van der Waals surface area contributed by atoms with Gasteiger partial charge in [-0.3, -0.25) is 4.79 Å². The molecule has 0 saturated heterocycles. The fourth-order valence-electron chi connectivity index (χ4n) is 1.37. The zero-order valence-electron chi connectivity index (χ0n) is 8.88. The van der Waals surface area contributed by atoms with E-state index in [0.29, 0.717) is 0 Å². The van der Waals surface area contributed by atoms with Crippen molar-refractivity contribution in [2.45, 2.75) is 24.7 Å². The van der Waals surface area contributed by atoms with E-state index in [1.165, 1.54) is 12.8 Å². The lowest BCUT2D eigenvalue weighted by Gasteiger charge is -1.95. The third-order valence-electron chi connectivity index (χ3n) is 2.26. The third kappa shape index (κ3) is 2.41. The average molecular weight is 318 g/mol. The predicted molar refractivity (Wildman–Crippen MR) is 74.1 cm³/mol. The van der Waals surface area contributed by atoms with Gasteiger partial charge in [0.15, 0.2) is 0 Å². The number of hydrogen-bond acceptors (Lipinski definition) is 3. The van der Waals surface area contributed by atoms with Gasteiger partial charge in [0.2, 0.25) is 5.78 Å². The molecule has 0 spiro atoms. The molecule has 0 saturated carbocycles. The Morgan fingerprint density at radius 1 is 1.62 bits per heavy atom. The second kappa shape index (κ2) is 5.47. The molecule has 1 N–H and O–H groups in total. The molecular formula is C11H12BrNOS2. The molecular weight excluding hydrogens is 306 g/mol. The number of ketones is 1. The first-order valence-corrected chi connectivity index (χ1v) is 7.81. The third-order valence-corrected chi connectivity index (χ3v) is 5.37. The van der Waals surface area contributed by atoms with E-state index in [0.717, 1.165) is 25.7 Å². The minimum absolute atomic E-state index is 0.120. The van der Waals surface area contributed by atoms with Gasteiger partial charge in [0.05, 0.1) is 9.80 Å². The highest BCUT2D eigenvalue weighted by molar-refractivity contribution is 9.10. The van der Waals surface area contributed by atoms with E-state index in [1.807, 2.05) is 11.6 Å². The van der Waals surface area contributed by atoms with E-state index in [1.54, 1.807) is 23.5 Å². The highest BCUT2D eigenvalue weighted by Gasteiger charge is 2.29.